The van der Waals surface area contributed by atoms with E-state index in [9.17, 15) is 4.79 Å². The molecule has 1 aliphatic rings. The van der Waals surface area contributed by atoms with Gasteiger partial charge in [-0.05, 0) is 46.5 Å². The third-order valence-corrected chi connectivity index (χ3v) is 4.75. The van der Waals surface area contributed by atoms with Crippen LogP contribution in [0.4, 0.5) is 5.82 Å². The quantitative estimate of drug-likeness (QED) is 0.861. The number of anilines is 1. The first-order valence-corrected chi connectivity index (χ1v) is 7.67. The second-order valence-corrected chi connectivity index (χ2v) is 7.14. The lowest BCUT2D eigenvalue weighted by Gasteiger charge is -2.30. The molecule has 0 amide bonds. The van der Waals surface area contributed by atoms with Crippen molar-refractivity contribution in [3.63, 3.8) is 0 Å². The Hall–Kier alpha value is -0.840. The first-order valence-electron chi connectivity index (χ1n) is 6.87. The number of halogens is 1. The van der Waals surface area contributed by atoms with E-state index in [1.807, 2.05) is 0 Å². The third kappa shape index (κ3) is 3.38. The maximum Gasteiger partial charge on any atom is 0.267 e. The lowest BCUT2D eigenvalue weighted by atomic mass is 9.77. The zero-order valence-corrected chi connectivity index (χ0v) is 13.5. The van der Waals surface area contributed by atoms with Gasteiger partial charge in [-0.2, -0.15) is 0 Å². The number of aromatic amines is 1. The molecule has 4 nitrogen and oxygen atoms in total. The molecule has 0 bridgehead atoms. The molecule has 0 aromatic carbocycles. The van der Waals surface area contributed by atoms with E-state index in [4.69, 9.17) is 0 Å². The Balaban J connectivity index is 2.16. The Labute approximate surface area is 122 Å². The highest BCUT2D eigenvalue weighted by Crippen LogP contribution is 2.35. The molecule has 1 aliphatic heterocycles. The van der Waals surface area contributed by atoms with Crippen LogP contribution in [0.5, 0.6) is 0 Å². The van der Waals surface area contributed by atoms with Crippen LogP contribution in [0.1, 0.15) is 40.0 Å². The number of nitrogens with zero attached hydrogens (tertiary/aromatic N) is 2. The van der Waals surface area contributed by atoms with E-state index in [1.54, 1.807) is 0 Å². The van der Waals surface area contributed by atoms with Crippen molar-refractivity contribution in [1.29, 1.82) is 0 Å². The minimum atomic E-state index is -0.110. The minimum absolute atomic E-state index is 0.110. The van der Waals surface area contributed by atoms with Crippen LogP contribution in [0.25, 0.3) is 0 Å². The van der Waals surface area contributed by atoms with Crippen molar-refractivity contribution in [2.45, 2.75) is 40.0 Å². The van der Waals surface area contributed by atoms with E-state index in [2.05, 4.69) is 51.6 Å². The van der Waals surface area contributed by atoms with E-state index < -0.39 is 0 Å². The number of hydrogen-bond acceptors (Lipinski definition) is 3. The zero-order chi connectivity index (χ0) is 14.0. The Morgan fingerprint density at radius 2 is 2.11 bits per heavy atom. The second kappa shape index (κ2) is 5.65. The Morgan fingerprint density at radius 1 is 1.37 bits per heavy atom. The lowest BCUT2D eigenvalue weighted by molar-refractivity contribution is 0.220. The predicted molar refractivity (Wildman–Crippen MR) is 81.6 cm³/mol. The Kier molecular flexibility index (Phi) is 4.33. The van der Waals surface area contributed by atoms with E-state index in [-0.39, 0.29) is 5.56 Å². The molecule has 0 aliphatic carbocycles. The summed E-state index contributed by atoms with van der Waals surface area (Å²) in [5.41, 5.74) is 0.246. The third-order valence-electron chi connectivity index (χ3n) is 4.03. The van der Waals surface area contributed by atoms with Gasteiger partial charge in [0.15, 0.2) is 0 Å². The molecule has 1 saturated heterocycles. The molecule has 1 aromatic rings. The second-order valence-electron chi connectivity index (χ2n) is 6.35. The van der Waals surface area contributed by atoms with Crippen molar-refractivity contribution < 1.29 is 0 Å². The number of hydrogen-bond donors (Lipinski definition) is 1. The monoisotopic (exact) mass is 327 g/mol. The van der Waals surface area contributed by atoms with Crippen LogP contribution in [-0.2, 0) is 0 Å². The van der Waals surface area contributed by atoms with Crippen molar-refractivity contribution in [3.05, 3.63) is 21.2 Å². The van der Waals surface area contributed by atoms with E-state index in [1.165, 1.54) is 12.7 Å². The summed E-state index contributed by atoms with van der Waals surface area (Å²) in [5.74, 6) is 1.51. The van der Waals surface area contributed by atoms with Gasteiger partial charge in [0.05, 0.1) is 6.33 Å². The lowest BCUT2D eigenvalue weighted by Crippen LogP contribution is -2.28. The predicted octanol–water partition coefficient (Wildman–Crippen LogP) is 3.19. The molecular formula is C14H22BrN3O. The Bertz CT molecular complexity index is 492. The van der Waals surface area contributed by atoms with Crippen LogP contribution in [0.15, 0.2) is 15.6 Å². The maximum absolute atomic E-state index is 11.6. The van der Waals surface area contributed by atoms with Crippen LogP contribution < -0.4 is 10.5 Å². The normalized spacial score (nSPS) is 21.3. The molecule has 1 N–H and O–H groups in total. The summed E-state index contributed by atoms with van der Waals surface area (Å²) in [5, 5.41) is 0. The fourth-order valence-corrected chi connectivity index (χ4v) is 3.24. The van der Waals surface area contributed by atoms with Crippen molar-refractivity contribution in [3.8, 4) is 0 Å². The number of rotatable bonds is 1. The van der Waals surface area contributed by atoms with Gasteiger partial charge >= 0.3 is 0 Å². The van der Waals surface area contributed by atoms with Crippen molar-refractivity contribution in [1.82, 2.24) is 9.97 Å². The SMILES string of the molecule is CC(C)(C)C1CCCN(c2nc[nH]c(=O)c2Br)CC1. The Morgan fingerprint density at radius 3 is 2.79 bits per heavy atom. The van der Waals surface area contributed by atoms with Crippen molar-refractivity contribution in [2.75, 3.05) is 18.0 Å². The zero-order valence-electron chi connectivity index (χ0n) is 11.9. The van der Waals surface area contributed by atoms with Gasteiger partial charge in [-0.25, -0.2) is 4.98 Å². The van der Waals surface area contributed by atoms with Crippen molar-refractivity contribution >= 4 is 21.7 Å². The average molecular weight is 328 g/mol. The molecule has 2 heterocycles. The van der Waals surface area contributed by atoms with Gasteiger partial charge in [0.25, 0.3) is 5.56 Å². The number of nitrogens with one attached hydrogen (secondary N) is 1. The first-order chi connectivity index (χ1) is 8.89. The highest BCUT2D eigenvalue weighted by Gasteiger charge is 2.28. The van der Waals surface area contributed by atoms with Gasteiger partial charge in [-0.15, -0.1) is 0 Å². The van der Waals surface area contributed by atoms with Crippen LogP contribution in [0.3, 0.4) is 0 Å². The molecule has 19 heavy (non-hydrogen) atoms. The minimum Gasteiger partial charge on any atom is -0.355 e. The maximum atomic E-state index is 11.6. The topological polar surface area (TPSA) is 49.0 Å². The van der Waals surface area contributed by atoms with Crippen LogP contribution >= 0.6 is 15.9 Å². The van der Waals surface area contributed by atoms with Crippen LogP contribution in [0.2, 0.25) is 0 Å². The van der Waals surface area contributed by atoms with Crippen LogP contribution in [0, 0.1) is 11.3 Å². The molecule has 106 valence electrons. The van der Waals surface area contributed by atoms with Gasteiger partial charge in [-0.3, -0.25) is 4.79 Å². The number of H-pyrrole nitrogens is 1. The van der Waals surface area contributed by atoms with E-state index in [0.717, 1.165) is 37.7 Å². The molecular weight excluding hydrogens is 306 g/mol. The molecule has 1 unspecified atom stereocenters. The molecule has 1 aromatic heterocycles. The van der Waals surface area contributed by atoms with E-state index >= 15 is 0 Å². The molecule has 0 saturated carbocycles. The smallest absolute Gasteiger partial charge is 0.267 e. The van der Waals surface area contributed by atoms with E-state index in [0.29, 0.717) is 9.89 Å². The first kappa shape index (κ1) is 14.6. The standard InChI is InChI=1S/C14H22BrN3O/c1-14(2,3)10-5-4-7-18(8-6-10)12-11(15)13(19)17-9-16-12/h9-10H,4-8H2,1-3H3,(H,16,17,19). The summed E-state index contributed by atoms with van der Waals surface area (Å²) in [6.07, 6.45) is 5.04. The fraction of sp³-hybridized carbons (Fsp3) is 0.714. The molecule has 0 radical (unpaired) electrons. The molecule has 1 fully saturated rings. The van der Waals surface area contributed by atoms with Gasteiger partial charge < -0.3 is 9.88 Å². The van der Waals surface area contributed by atoms with Crippen molar-refractivity contribution in [2.24, 2.45) is 11.3 Å². The highest BCUT2D eigenvalue weighted by atomic mass is 79.9. The highest BCUT2D eigenvalue weighted by molar-refractivity contribution is 9.10. The summed E-state index contributed by atoms with van der Waals surface area (Å²) in [7, 11) is 0. The van der Waals surface area contributed by atoms with Gasteiger partial charge in [0, 0.05) is 13.1 Å². The molecule has 5 heteroatoms. The fourth-order valence-electron chi connectivity index (χ4n) is 2.77. The average Bonchev–Trinajstić information content (AvgIpc) is 2.57. The largest absolute Gasteiger partial charge is 0.355 e. The summed E-state index contributed by atoms with van der Waals surface area (Å²) in [6, 6.07) is 0. The molecule has 1 atom stereocenters. The van der Waals surface area contributed by atoms with Gasteiger partial charge in [-0.1, -0.05) is 20.8 Å². The summed E-state index contributed by atoms with van der Waals surface area (Å²) in [4.78, 5) is 20.8. The summed E-state index contributed by atoms with van der Waals surface area (Å²) in [6.45, 7) is 8.89. The van der Waals surface area contributed by atoms with Crippen LogP contribution in [-0.4, -0.2) is 23.1 Å². The molecule has 2 rings (SSSR count). The molecule has 0 spiro atoms. The van der Waals surface area contributed by atoms with Gasteiger partial charge in [0.2, 0.25) is 0 Å². The summed E-state index contributed by atoms with van der Waals surface area (Å²) < 4.78 is 0.546. The van der Waals surface area contributed by atoms with Gasteiger partial charge in [0.1, 0.15) is 10.3 Å². The summed E-state index contributed by atoms with van der Waals surface area (Å²) >= 11 is 3.35. The number of aromatic nitrogens is 2.